The molecule has 0 aliphatic heterocycles. The van der Waals surface area contributed by atoms with Crippen molar-refractivity contribution in [1.82, 2.24) is 0 Å². The summed E-state index contributed by atoms with van der Waals surface area (Å²) in [5.74, 6) is 0. The molecule has 0 aromatic carbocycles. The summed E-state index contributed by atoms with van der Waals surface area (Å²) in [4.78, 5) is 10.5. The van der Waals surface area contributed by atoms with Crippen LogP contribution in [0, 0.1) is 0 Å². The van der Waals surface area contributed by atoms with E-state index < -0.39 is 14.1 Å². The maximum Gasteiger partial charge on any atom is 0.515 e. The van der Waals surface area contributed by atoms with Crippen molar-refractivity contribution in [3.8, 4) is 0 Å². The quantitative estimate of drug-likeness (QED) is 0.447. The predicted octanol–water partition coefficient (Wildman–Crippen LogP) is 5.61. The van der Waals surface area contributed by atoms with E-state index in [2.05, 4.69) is 9.47 Å². The van der Waals surface area contributed by atoms with Crippen molar-refractivity contribution in [3.05, 3.63) is 0 Å². The largest absolute Gasteiger partial charge is 0.515 e. The fraction of sp³-hybridized carbons (Fsp3) is 0.889. The summed E-state index contributed by atoms with van der Waals surface area (Å²) < 4.78 is 8.75. The molecular formula is C9H14Cl6O4. The average molecular weight is 399 g/mol. The van der Waals surface area contributed by atoms with Crippen molar-refractivity contribution in [2.45, 2.75) is 47.9 Å². The zero-order chi connectivity index (χ0) is 15.9. The Labute approximate surface area is 142 Å². The van der Waals surface area contributed by atoms with Crippen molar-refractivity contribution >= 4 is 75.8 Å². The van der Waals surface area contributed by atoms with E-state index in [1.54, 1.807) is 0 Å². The molecule has 0 bridgehead atoms. The molecule has 0 spiro atoms. The van der Waals surface area contributed by atoms with Crippen molar-refractivity contribution in [3.63, 3.8) is 0 Å². The van der Waals surface area contributed by atoms with E-state index in [4.69, 9.17) is 74.3 Å². The molecule has 0 amide bonds. The van der Waals surface area contributed by atoms with Crippen LogP contribution in [0.15, 0.2) is 0 Å². The summed E-state index contributed by atoms with van der Waals surface area (Å²) in [5, 5.41) is 0. The number of rotatable bonds is 2. The van der Waals surface area contributed by atoms with Crippen molar-refractivity contribution in [2.75, 3.05) is 0 Å². The van der Waals surface area contributed by atoms with Gasteiger partial charge in [0, 0.05) is 0 Å². The molecule has 116 valence electrons. The van der Waals surface area contributed by atoms with Gasteiger partial charge in [-0.05, 0) is 97.3 Å². The van der Waals surface area contributed by atoms with Crippen molar-refractivity contribution < 1.29 is 19.0 Å². The van der Waals surface area contributed by atoms with Gasteiger partial charge >= 0.3 is 14.1 Å². The first-order valence-corrected chi connectivity index (χ1v) is 7.20. The van der Waals surface area contributed by atoms with Gasteiger partial charge < -0.3 is 14.2 Å². The molecular weight excluding hydrogens is 385 g/mol. The van der Waals surface area contributed by atoms with Crippen LogP contribution in [0.3, 0.4) is 0 Å². The molecule has 0 unspecified atom stereocenters. The van der Waals surface area contributed by atoms with Crippen LogP contribution in [0.5, 0.6) is 0 Å². The number of alkyl halides is 6. The first-order valence-electron chi connectivity index (χ1n) is 4.94. The van der Waals surface area contributed by atoms with Crippen LogP contribution in [-0.2, 0) is 14.2 Å². The molecule has 0 atom stereocenters. The van der Waals surface area contributed by atoms with Crippen LogP contribution in [-0.4, -0.2) is 26.3 Å². The van der Waals surface area contributed by atoms with Gasteiger partial charge in [-0.3, -0.25) is 0 Å². The second kappa shape index (κ2) is 9.82. The molecule has 0 heterocycles. The van der Waals surface area contributed by atoms with Gasteiger partial charge in [-0.1, -0.05) is 0 Å². The Morgan fingerprint density at radius 3 is 1.16 bits per heavy atom. The van der Waals surface area contributed by atoms with E-state index in [-0.39, 0.29) is 0 Å². The highest BCUT2D eigenvalue weighted by Gasteiger charge is 2.32. The molecule has 0 aliphatic rings. The molecule has 0 aromatic rings. The number of ether oxygens (including phenoxy) is 3. The normalized spacial score (nSPS) is 12.0. The van der Waals surface area contributed by atoms with E-state index in [1.165, 1.54) is 0 Å². The van der Waals surface area contributed by atoms with Crippen LogP contribution in [0.2, 0.25) is 0 Å². The molecule has 0 aliphatic carbocycles. The van der Waals surface area contributed by atoms with Crippen LogP contribution in [0.1, 0.15) is 27.7 Å². The molecule has 0 aromatic heterocycles. The Morgan fingerprint density at radius 1 is 0.789 bits per heavy atom. The summed E-state index contributed by atoms with van der Waals surface area (Å²) in [7, 11) is 0. The average Bonchev–Trinajstić information content (AvgIpc) is 1.91. The highest BCUT2D eigenvalue weighted by Crippen LogP contribution is 2.32. The third-order valence-corrected chi connectivity index (χ3v) is 1.41. The molecule has 0 fully saturated rings. The molecule has 4 nitrogen and oxygen atoms in total. The van der Waals surface area contributed by atoms with Gasteiger partial charge in [-0.25, -0.2) is 4.79 Å². The molecule has 0 radical (unpaired) electrons. The summed E-state index contributed by atoms with van der Waals surface area (Å²) in [6.45, 7) is 8.17. The summed E-state index contributed by atoms with van der Waals surface area (Å²) in [5.41, 5.74) is 0. The topological polar surface area (TPSA) is 44.8 Å². The molecule has 10 heteroatoms. The van der Waals surface area contributed by atoms with Gasteiger partial charge in [-0.2, -0.15) is 0 Å². The first kappa shape index (κ1) is 22.3. The highest BCUT2D eigenvalue weighted by atomic mass is 35.6. The fourth-order valence-electron chi connectivity index (χ4n) is 0.754. The Balaban J connectivity index is 0. The number of carbonyl (C=O) groups excluding carboxylic acids is 1. The van der Waals surface area contributed by atoms with Crippen LogP contribution < -0.4 is 0 Å². The van der Waals surface area contributed by atoms with Crippen LogP contribution in [0.25, 0.3) is 0 Å². The van der Waals surface area contributed by atoms with Gasteiger partial charge in [0.15, 0.2) is 0 Å². The lowest BCUT2D eigenvalue weighted by molar-refractivity contribution is 0.0300. The lowest BCUT2D eigenvalue weighted by Crippen LogP contribution is -2.22. The molecule has 0 rings (SSSR count). The van der Waals surface area contributed by atoms with E-state index >= 15 is 0 Å². The second-order valence-electron chi connectivity index (χ2n) is 3.58. The lowest BCUT2D eigenvalue weighted by Gasteiger charge is -2.15. The smallest absolute Gasteiger partial charge is 0.382 e. The van der Waals surface area contributed by atoms with E-state index in [0.717, 1.165) is 0 Å². The molecule has 0 saturated heterocycles. The maximum atomic E-state index is 10.5. The zero-order valence-electron chi connectivity index (χ0n) is 10.6. The predicted molar refractivity (Wildman–Crippen MR) is 79.5 cm³/mol. The second-order valence-corrected chi connectivity index (χ2v) is 7.93. The van der Waals surface area contributed by atoms with Crippen LogP contribution in [0.4, 0.5) is 4.79 Å². The first-order chi connectivity index (χ1) is 8.23. The number of hydrogen-bond donors (Lipinski definition) is 0. The minimum atomic E-state index is -2.24. The van der Waals surface area contributed by atoms with E-state index in [9.17, 15) is 4.79 Å². The number of halogens is 6. The van der Waals surface area contributed by atoms with Crippen molar-refractivity contribution in [1.29, 1.82) is 0 Å². The monoisotopic (exact) mass is 396 g/mol. The maximum absolute atomic E-state index is 10.5. The SMILES string of the molecule is CC(C)OC(C)C.O=C(OC(Cl)(Cl)Cl)OC(Cl)(Cl)Cl. The Hall–Kier alpha value is 0.970. The number of hydrogen-bond acceptors (Lipinski definition) is 4. The Bertz CT molecular complexity index is 234. The van der Waals surface area contributed by atoms with Gasteiger partial charge in [0.2, 0.25) is 0 Å². The van der Waals surface area contributed by atoms with E-state index in [1.807, 2.05) is 27.7 Å². The Kier molecular flexibility index (Phi) is 11.5. The minimum Gasteiger partial charge on any atom is -0.382 e. The van der Waals surface area contributed by atoms with Crippen molar-refractivity contribution in [2.24, 2.45) is 0 Å². The van der Waals surface area contributed by atoms with E-state index in [0.29, 0.717) is 12.2 Å². The third kappa shape index (κ3) is 24.4. The Morgan fingerprint density at radius 2 is 1.05 bits per heavy atom. The zero-order valence-corrected chi connectivity index (χ0v) is 15.1. The molecule has 0 N–H and O–H groups in total. The van der Waals surface area contributed by atoms with Gasteiger partial charge in [0.25, 0.3) is 0 Å². The van der Waals surface area contributed by atoms with Gasteiger partial charge in [0.05, 0.1) is 12.2 Å². The van der Waals surface area contributed by atoms with Crippen LogP contribution >= 0.6 is 69.6 Å². The van der Waals surface area contributed by atoms with Gasteiger partial charge in [-0.15, -0.1) is 0 Å². The minimum absolute atomic E-state index is 0.375. The standard InChI is InChI=1S/C6H14O.C3Cl6O3/c1-5(2)7-6(3)4;4-2(5,6)11-1(10)12-3(7,8)9/h5-6H,1-4H3;. The summed E-state index contributed by atoms with van der Waals surface area (Å²) in [6.07, 6.45) is -0.657. The fourth-order valence-corrected chi connectivity index (χ4v) is 1.13. The third-order valence-electron chi connectivity index (χ3n) is 0.942. The number of carbonyl (C=O) groups is 1. The molecule has 0 saturated carbocycles. The summed E-state index contributed by atoms with van der Waals surface area (Å²) in [6, 6.07) is 0. The summed E-state index contributed by atoms with van der Waals surface area (Å²) >= 11 is 30.2. The molecule has 19 heavy (non-hydrogen) atoms. The van der Waals surface area contributed by atoms with Gasteiger partial charge in [0.1, 0.15) is 0 Å². The highest BCUT2D eigenvalue weighted by molar-refractivity contribution is 6.67. The lowest BCUT2D eigenvalue weighted by atomic mass is 10.4.